The summed E-state index contributed by atoms with van der Waals surface area (Å²) in [7, 11) is 0. The number of benzene rings is 1. The van der Waals surface area contributed by atoms with Crippen molar-refractivity contribution >= 4 is 28.3 Å². The average molecular weight is 478 g/mol. The fourth-order valence-corrected chi connectivity index (χ4v) is 4.99. The van der Waals surface area contributed by atoms with E-state index in [1.54, 1.807) is 25.1 Å². The molecule has 0 fully saturated rings. The van der Waals surface area contributed by atoms with Crippen LogP contribution in [0.1, 0.15) is 49.4 Å². The third kappa shape index (κ3) is 4.83. The van der Waals surface area contributed by atoms with Crippen molar-refractivity contribution < 1.29 is 23.2 Å². The zero-order chi connectivity index (χ0) is 23.7. The molecule has 3 heterocycles. The normalized spacial score (nSPS) is 18.8. The third-order valence-electron chi connectivity index (χ3n) is 5.55. The van der Waals surface area contributed by atoms with Gasteiger partial charge in [-0.1, -0.05) is 34.7 Å². The van der Waals surface area contributed by atoms with E-state index in [2.05, 4.69) is 25.7 Å². The number of urea groups is 1. The van der Waals surface area contributed by atoms with Crippen LogP contribution in [-0.4, -0.2) is 40.0 Å². The number of fused-ring (bicyclic) bond motifs is 1. The van der Waals surface area contributed by atoms with E-state index >= 15 is 0 Å². The summed E-state index contributed by atoms with van der Waals surface area (Å²) in [6.45, 7) is 5.62. The molecule has 3 aromatic rings. The number of aliphatic hydroxyl groups is 1. The summed E-state index contributed by atoms with van der Waals surface area (Å²) in [5.41, 5.74) is 1.38. The smallest absolute Gasteiger partial charge is 0.321 e. The van der Waals surface area contributed by atoms with Crippen LogP contribution in [0.4, 0.5) is 24.5 Å². The summed E-state index contributed by atoms with van der Waals surface area (Å²) in [5.74, 6) is 1.02. The summed E-state index contributed by atoms with van der Waals surface area (Å²) < 4.78 is 31.6. The van der Waals surface area contributed by atoms with Crippen LogP contribution in [-0.2, 0) is 6.42 Å². The van der Waals surface area contributed by atoms with Crippen LogP contribution in [0.25, 0.3) is 11.3 Å². The Morgan fingerprint density at radius 2 is 2.15 bits per heavy atom. The largest absolute Gasteiger partial charge is 0.394 e. The van der Waals surface area contributed by atoms with Crippen molar-refractivity contribution in [2.45, 2.75) is 51.7 Å². The monoisotopic (exact) mass is 477 g/mol. The molecule has 3 atom stereocenters. The van der Waals surface area contributed by atoms with Gasteiger partial charge >= 0.3 is 6.03 Å². The minimum absolute atomic E-state index is 0.0519. The third-order valence-corrected chi connectivity index (χ3v) is 6.73. The Morgan fingerprint density at radius 3 is 2.88 bits per heavy atom. The van der Waals surface area contributed by atoms with Crippen molar-refractivity contribution in [3.05, 3.63) is 46.5 Å². The second kappa shape index (κ2) is 9.44. The first-order chi connectivity index (χ1) is 15.8. The number of nitrogens with one attached hydrogen (secondary N) is 2. The average Bonchev–Trinajstić information content (AvgIpc) is 3.41. The molecule has 2 aromatic heterocycles. The Morgan fingerprint density at radius 1 is 1.36 bits per heavy atom. The van der Waals surface area contributed by atoms with Crippen LogP contribution in [0.2, 0.25) is 0 Å². The molecule has 176 valence electrons. The summed E-state index contributed by atoms with van der Waals surface area (Å²) in [6, 6.07) is 7.00. The Balaban J connectivity index is 1.54. The molecular formula is C22H25F2N5O3S. The number of aromatic nitrogens is 2. The van der Waals surface area contributed by atoms with Crippen LogP contribution in [0.5, 0.6) is 0 Å². The number of alkyl halides is 2. The Hall–Kier alpha value is -3.05. The highest BCUT2D eigenvalue weighted by molar-refractivity contribution is 7.16. The molecule has 0 radical (unpaired) electrons. The van der Waals surface area contributed by atoms with Crippen LogP contribution in [0.15, 0.2) is 34.9 Å². The molecule has 0 bridgehead atoms. The van der Waals surface area contributed by atoms with E-state index in [1.165, 1.54) is 23.5 Å². The standard InChI is InChI=1S/C22H25F2N5O3S/c1-11(10-30)25-21(31)27-22-26-16-7-12(2)29(13(3)19(16)33-22)18-9-17(32-28-18)14-5-4-6-15(8-14)20(23)24/h4-6,8-9,11-13,20,30H,7,10H2,1-3H3,(H2,25,26,27,31)/t11-,12-,13+/m1/s1. The number of anilines is 2. The number of carbonyl (C=O) groups is 1. The molecule has 0 aliphatic carbocycles. The SMILES string of the molecule is C[C@H](CO)NC(=O)Nc1nc2c(s1)[C@H](C)N(c1cc(-c3cccc(C(F)F)c3)on1)[C@H](C)C2. The molecule has 0 spiro atoms. The van der Waals surface area contributed by atoms with Crippen molar-refractivity contribution in [1.29, 1.82) is 0 Å². The first-order valence-corrected chi connectivity index (χ1v) is 11.4. The molecule has 3 N–H and O–H groups in total. The lowest BCUT2D eigenvalue weighted by molar-refractivity contribution is 0.151. The highest BCUT2D eigenvalue weighted by Crippen LogP contribution is 2.41. The summed E-state index contributed by atoms with van der Waals surface area (Å²) >= 11 is 1.39. The van der Waals surface area contributed by atoms with Gasteiger partial charge in [0.2, 0.25) is 0 Å². The van der Waals surface area contributed by atoms with E-state index in [4.69, 9.17) is 9.63 Å². The number of hydrogen-bond acceptors (Lipinski definition) is 7. The molecule has 0 saturated carbocycles. The summed E-state index contributed by atoms with van der Waals surface area (Å²) in [4.78, 5) is 19.8. The van der Waals surface area contributed by atoms with E-state index in [1.807, 2.05) is 13.8 Å². The van der Waals surface area contributed by atoms with Gasteiger partial charge < -0.3 is 19.8 Å². The molecule has 4 rings (SSSR count). The highest BCUT2D eigenvalue weighted by atomic mass is 32.1. The Bertz CT molecular complexity index is 1130. The number of rotatable bonds is 6. The number of hydrogen-bond donors (Lipinski definition) is 3. The van der Waals surface area contributed by atoms with Gasteiger partial charge in [-0.25, -0.2) is 18.6 Å². The molecule has 0 unspecified atom stereocenters. The Labute approximate surface area is 193 Å². The highest BCUT2D eigenvalue weighted by Gasteiger charge is 2.34. The topological polar surface area (TPSA) is 104 Å². The van der Waals surface area contributed by atoms with Crippen LogP contribution < -0.4 is 15.5 Å². The van der Waals surface area contributed by atoms with Gasteiger partial charge in [-0.2, -0.15) is 0 Å². The van der Waals surface area contributed by atoms with Gasteiger partial charge in [-0.3, -0.25) is 5.32 Å². The first kappa shape index (κ1) is 23.1. The maximum atomic E-state index is 13.1. The number of halogens is 2. The maximum Gasteiger partial charge on any atom is 0.321 e. The van der Waals surface area contributed by atoms with Gasteiger partial charge in [-0.05, 0) is 26.8 Å². The lowest BCUT2D eigenvalue weighted by Gasteiger charge is -2.37. The molecule has 1 aromatic carbocycles. The second-order valence-corrected chi connectivity index (χ2v) is 9.15. The lowest BCUT2D eigenvalue weighted by atomic mass is 10.00. The maximum absolute atomic E-state index is 13.1. The minimum Gasteiger partial charge on any atom is -0.394 e. The Kier molecular flexibility index (Phi) is 6.61. The molecule has 8 nitrogen and oxygen atoms in total. The van der Waals surface area contributed by atoms with Crippen molar-refractivity contribution in [2.75, 3.05) is 16.8 Å². The van der Waals surface area contributed by atoms with Gasteiger partial charge in [0.15, 0.2) is 16.7 Å². The molecule has 1 aliphatic rings. The van der Waals surface area contributed by atoms with Gasteiger partial charge in [0.25, 0.3) is 6.43 Å². The van der Waals surface area contributed by atoms with Gasteiger partial charge in [0, 0.05) is 29.7 Å². The van der Waals surface area contributed by atoms with Crippen molar-refractivity contribution in [3.8, 4) is 11.3 Å². The van der Waals surface area contributed by atoms with E-state index < -0.39 is 12.5 Å². The zero-order valence-electron chi connectivity index (χ0n) is 18.4. The summed E-state index contributed by atoms with van der Waals surface area (Å²) in [6.07, 6.45) is -1.91. The number of aliphatic hydroxyl groups excluding tert-OH is 1. The van der Waals surface area contributed by atoms with Crippen molar-refractivity contribution in [3.63, 3.8) is 0 Å². The first-order valence-electron chi connectivity index (χ1n) is 10.6. The van der Waals surface area contributed by atoms with E-state index in [0.29, 0.717) is 28.7 Å². The van der Waals surface area contributed by atoms with E-state index in [9.17, 15) is 13.6 Å². The van der Waals surface area contributed by atoms with Gasteiger partial charge in [0.05, 0.1) is 29.3 Å². The van der Waals surface area contributed by atoms with Gasteiger partial charge in [-0.15, -0.1) is 0 Å². The number of carbonyl (C=O) groups excluding carboxylic acids is 1. The minimum atomic E-state index is -2.56. The van der Waals surface area contributed by atoms with Crippen LogP contribution in [0.3, 0.4) is 0 Å². The summed E-state index contributed by atoms with van der Waals surface area (Å²) in [5, 5.41) is 19.1. The van der Waals surface area contributed by atoms with Gasteiger partial charge in [0.1, 0.15) is 0 Å². The lowest BCUT2D eigenvalue weighted by Crippen LogP contribution is -2.40. The van der Waals surface area contributed by atoms with Crippen LogP contribution in [0, 0.1) is 0 Å². The number of nitrogens with zero attached hydrogens (tertiary/aromatic N) is 3. The quantitative estimate of drug-likeness (QED) is 0.473. The predicted molar refractivity (Wildman–Crippen MR) is 122 cm³/mol. The molecule has 2 amide bonds. The van der Waals surface area contributed by atoms with E-state index in [0.717, 1.165) is 10.6 Å². The van der Waals surface area contributed by atoms with E-state index in [-0.39, 0.29) is 30.3 Å². The fourth-order valence-electron chi connectivity index (χ4n) is 3.95. The molecule has 33 heavy (non-hydrogen) atoms. The molecule has 0 saturated heterocycles. The number of thiazole rings is 1. The molecular weight excluding hydrogens is 452 g/mol. The predicted octanol–water partition coefficient (Wildman–Crippen LogP) is 4.75. The molecule has 1 aliphatic heterocycles. The fraction of sp³-hybridized carbons (Fsp3) is 0.409. The van der Waals surface area contributed by atoms with Crippen molar-refractivity contribution in [1.82, 2.24) is 15.5 Å². The number of amides is 2. The van der Waals surface area contributed by atoms with Crippen molar-refractivity contribution in [2.24, 2.45) is 0 Å². The second-order valence-electron chi connectivity index (χ2n) is 8.12. The van der Waals surface area contributed by atoms with Crippen LogP contribution >= 0.6 is 11.3 Å². The molecule has 11 heteroatoms. The zero-order valence-corrected chi connectivity index (χ0v) is 19.2.